The molecular weight excluding hydrogens is 352 g/mol. The summed E-state index contributed by atoms with van der Waals surface area (Å²) in [6.07, 6.45) is 2.44. The minimum Gasteiger partial charge on any atom is -0.379 e. The summed E-state index contributed by atoms with van der Waals surface area (Å²) in [5.74, 6) is 1.31. The second-order valence-corrected chi connectivity index (χ2v) is 8.32. The standard InChI is InChI=1S/C22H36N4O2/c1-22(2,26-11-14-27-15-12-26)17-25-21(23-3)24-16-19-10-7-13-28-20(19)18-8-5-4-6-9-18/h4-6,8-9,19-20H,7,10-17H2,1-3H3,(H2,23,24,25). The van der Waals surface area contributed by atoms with Gasteiger partial charge in [0.2, 0.25) is 0 Å². The van der Waals surface area contributed by atoms with Crippen LogP contribution in [0.25, 0.3) is 0 Å². The number of benzene rings is 1. The summed E-state index contributed by atoms with van der Waals surface area (Å²) in [4.78, 5) is 6.91. The van der Waals surface area contributed by atoms with Crippen molar-refractivity contribution in [2.24, 2.45) is 10.9 Å². The van der Waals surface area contributed by atoms with E-state index in [1.54, 1.807) is 0 Å². The molecule has 1 aromatic rings. The Bertz CT molecular complexity index is 614. The average Bonchev–Trinajstić information content (AvgIpc) is 2.75. The van der Waals surface area contributed by atoms with Gasteiger partial charge in [-0.1, -0.05) is 30.3 Å². The number of nitrogens with zero attached hydrogens (tertiary/aromatic N) is 2. The molecule has 2 heterocycles. The number of hydrogen-bond acceptors (Lipinski definition) is 4. The molecule has 2 aliphatic heterocycles. The van der Waals surface area contributed by atoms with E-state index in [2.05, 4.69) is 64.7 Å². The molecule has 0 spiro atoms. The lowest BCUT2D eigenvalue weighted by Gasteiger charge is -2.41. The van der Waals surface area contributed by atoms with E-state index in [4.69, 9.17) is 9.47 Å². The Balaban J connectivity index is 1.51. The molecule has 6 heteroatoms. The van der Waals surface area contributed by atoms with Crippen LogP contribution in [0.3, 0.4) is 0 Å². The normalized spacial score (nSPS) is 24.8. The highest BCUT2D eigenvalue weighted by molar-refractivity contribution is 5.79. The molecule has 2 aliphatic rings. The van der Waals surface area contributed by atoms with Gasteiger partial charge in [0.05, 0.1) is 19.3 Å². The molecule has 156 valence electrons. The molecular formula is C22H36N4O2. The molecule has 2 saturated heterocycles. The molecule has 2 N–H and O–H groups in total. The van der Waals surface area contributed by atoms with Crippen molar-refractivity contribution in [3.05, 3.63) is 35.9 Å². The third-order valence-corrected chi connectivity index (χ3v) is 5.88. The molecule has 0 amide bonds. The quantitative estimate of drug-likeness (QED) is 0.579. The summed E-state index contributed by atoms with van der Waals surface area (Å²) in [6, 6.07) is 10.6. The number of aliphatic imine (C=N–C) groups is 1. The van der Waals surface area contributed by atoms with Crippen molar-refractivity contribution in [2.45, 2.75) is 38.3 Å². The van der Waals surface area contributed by atoms with E-state index >= 15 is 0 Å². The van der Waals surface area contributed by atoms with Gasteiger partial charge in [-0.15, -0.1) is 0 Å². The fourth-order valence-electron chi connectivity index (χ4n) is 4.09. The molecule has 2 unspecified atom stereocenters. The van der Waals surface area contributed by atoms with Gasteiger partial charge in [0.15, 0.2) is 5.96 Å². The smallest absolute Gasteiger partial charge is 0.191 e. The Hall–Kier alpha value is -1.63. The molecule has 28 heavy (non-hydrogen) atoms. The largest absolute Gasteiger partial charge is 0.379 e. The molecule has 0 aliphatic carbocycles. The zero-order valence-corrected chi connectivity index (χ0v) is 17.6. The van der Waals surface area contributed by atoms with Gasteiger partial charge in [0, 0.05) is 51.3 Å². The highest BCUT2D eigenvalue weighted by Gasteiger charge is 2.29. The Morgan fingerprint density at radius 1 is 1.14 bits per heavy atom. The van der Waals surface area contributed by atoms with E-state index in [1.807, 2.05) is 7.05 Å². The zero-order chi connectivity index (χ0) is 19.8. The number of guanidine groups is 1. The summed E-state index contributed by atoms with van der Waals surface area (Å²) in [5, 5.41) is 7.05. The van der Waals surface area contributed by atoms with Crippen molar-refractivity contribution in [2.75, 3.05) is 53.0 Å². The van der Waals surface area contributed by atoms with Crippen molar-refractivity contribution < 1.29 is 9.47 Å². The van der Waals surface area contributed by atoms with E-state index in [0.717, 1.165) is 58.4 Å². The highest BCUT2D eigenvalue weighted by Crippen LogP contribution is 2.33. The average molecular weight is 389 g/mol. The maximum Gasteiger partial charge on any atom is 0.191 e. The van der Waals surface area contributed by atoms with Crippen molar-refractivity contribution in [3.8, 4) is 0 Å². The lowest BCUT2D eigenvalue weighted by Crippen LogP contribution is -2.56. The summed E-state index contributed by atoms with van der Waals surface area (Å²) < 4.78 is 11.6. The van der Waals surface area contributed by atoms with E-state index in [9.17, 15) is 0 Å². The molecule has 6 nitrogen and oxygen atoms in total. The van der Waals surface area contributed by atoms with Crippen LogP contribution in [0.1, 0.15) is 38.4 Å². The second kappa shape index (κ2) is 10.2. The fraction of sp³-hybridized carbons (Fsp3) is 0.682. The van der Waals surface area contributed by atoms with Gasteiger partial charge < -0.3 is 20.1 Å². The minimum absolute atomic E-state index is 0.0575. The van der Waals surface area contributed by atoms with Crippen LogP contribution in [0.15, 0.2) is 35.3 Å². The van der Waals surface area contributed by atoms with Gasteiger partial charge in [-0.25, -0.2) is 0 Å². The fourth-order valence-corrected chi connectivity index (χ4v) is 4.09. The minimum atomic E-state index is 0.0575. The number of ether oxygens (including phenoxy) is 2. The van der Waals surface area contributed by atoms with Crippen molar-refractivity contribution in [3.63, 3.8) is 0 Å². The van der Waals surface area contributed by atoms with Crippen LogP contribution >= 0.6 is 0 Å². The van der Waals surface area contributed by atoms with Crippen molar-refractivity contribution >= 4 is 5.96 Å². The maximum absolute atomic E-state index is 6.12. The van der Waals surface area contributed by atoms with Crippen LogP contribution in [-0.4, -0.2) is 69.4 Å². The predicted molar refractivity (Wildman–Crippen MR) is 114 cm³/mol. The van der Waals surface area contributed by atoms with Crippen LogP contribution in [0.4, 0.5) is 0 Å². The lowest BCUT2D eigenvalue weighted by atomic mass is 9.89. The first-order valence-corrected chi connectivity index (χ1v) is 10.5. The Morgan fingerprint density at radius 2 is 1.89 bits per heavy atom. The third-order valence-electron chi connectivity index (χ3n) is 5.88. The Morgan fingerprint density at radius 3 is 2.61 bits per heavy atom. The van der Waals surface area contributed by atoms with Gasteiger partial charge in [0.1, 0.15) is 0 Å². The summed E-state index contributed by atoms with van der Waals surface area (Å²) >= 11 is 0. The van der Waals surface area contributed by atoms with E-state index in [-0.39, 0.29) is 11.6 Å². The third kappa shape index (κ3) is 5.69. The van der Waals surface area contributed by atoms with Gasteiger partial charge in [0.25, 0.3) is 0 Å². The van der Waals surface area contributed by atoms with Gasteiger partial charge >= 0.3 is 0 Å². The summed E-state index contributed by atoms with van der Waals surface area (Å²) in [5.41, 5.74) is 1.33. The predicted octanol–water partition coefficient (Wildman–Crippen LogP) is 2.43. The van der Waals surface area contributed by atoms with Crippen molar-refractivity contribution in [1.82, 2.24) is 15.5 Å². The van der Waals surface area contributed by atoms with E-state index in [0.29, 0.717) is 5.92 Å². The molecule has 0 aromatic heterocycles. The first-order chi connectivity index (χ1) is 13.6. The van der Waals surface area contributed by atoms with Crippen molar-refractivity contribution in [1.29, 1.82) is 0 Å². The van der Waals surface area contributed by atoms with Crippen LogP contribution < -0.4 is 10.6 Å². The topological polar surface area (TPSA) is 58.1 Å². The van der Waals surface area contributed by atoms with Gasteiger partial charge in [-0.2, -0.15) is 0 Å². The SMILES string of the molecule is CN=C(NCC1CCCOC1c1ccccc1)NCC(C)(C)N1CCOCC1. The molecule has 2 fully saturated rings. The number of morpholine rings is 1. The van der Waals surface area contributed by atoms with Crippen LogP contribution in [-0.2, 0) is 9.47 Å². The molecule has 3 rings (SSSR count). The lowest BCUT2D eigenvalue weighted by molar-refractivity contribution is -0.0266. The zero-order valence-electron chi connectivity index (χ0n) is 17.6. The summed E-state index contributed by atoms with van der Waals surface area (Å²) in [7, 11) is 1.84. The molecule has 2 atom stereocenters. The molecule has 0 saturated carbocycles. The Labute approximate surface area is 169 Å². The van der Waals surface area contributed by atoms with Crippen LogP contribution in [0.5, 0.6) is 0 Å². The molecule has 0 radical (unpaired) electrons. The first-order valence-electron chi connectivity index (χ1n) is 10.5. The van der Waals surface area contributed by atoms with Crippen LogP contribution in [0.2, 0.25) is 0 Å². The van der Waals surface area contributed by atoms with Gasteiger partial charge in [-0.05, 0) is 32.3 Å². The van der Waals surface area contributed by atoms with E-state index < -0.39 is 0 Å². The first kappa shape index (κ1) is 21.1. The maximum atomic E-state index is 6.12. The van der Waals surface area contributed by atoms with Gasteiger partial charge in [-0.3, -0.25) is 9.89 Å². The van der Waals surface area contributed by atoms with Crippen LogP contribution in [0, 0.1) is 5.92 Å². The number of hydrogen-bond donors (Lipinski definition) is 2. The number of rotatable bonds is 6. The molecule has 0 bridgehead atoms. The second-order valence-electron chi connectivity index (χ2n) is 8.32. The summed E-state index contributed by atoms with van der Waals surface area (Å²) in [6.45, 7) is 10.7. The number of nitrogens with one attached hydrogen (secondary N) is 2. The Kier molecular flexibility index (Phi) is 7.71. The highest BCUT2D eigenvalue weighted by atomic mass is 16.5. The monoisotopic (exact) mass is 388 g/mol. The molecule has 1 aromatic carbocycles. The van der Waals surface area contributed by atoms with E-state index in [1.165, 1.54) is 12.0 Å².